The van der Waals surface area contributed by atoms with Crippen molar-refractivity contribution in [2.45, 2.75) is 12.6 Å². The van der Waals surface area contributed by atoms with Crippen molar-refractivity contribution < 1.29 is 18.0 Å². The minimum absolute atomic E-state index is 0.250. The number of anilines is 1. The molecule has 0 aliphatic carbocycles. The first-order valence-electron chi connectivity index (χ1n) is 9.37. The maximum absolute atomic E-state index is 12.6. The lowest BCUT2D eigenvalue weighted by molar-refractivity contribution is -0.137. The summed E-state index contributed by atoms with van der Waals surface area (Å²) in [5.74, 6) is -0.489. The minimum atomic E-state index is -4.43. The molecule has 0 radical (unpaired) electrons. The van der Waals surface area contributed by atoms with Crippen LogP contribution in [0.5, 0.6) is 0 Å². The number of aromatic nitrogens is 2. The fraction of sp³-hybridized carbons (Fsp3) is 0.227. The van der Waals surface area contributed by atoms with E-state index in [1.165, 1.54) is 18.3 Å². The van der Waals surface area contributed by atoms with Gasteiger partial charge >= 0.3 is 6.18 Å². The van der Waals surface area contributed by atoms with Crippen molar-refractivity contribution in [1.29, 1.82) is 0 Å². The molecule has 1 N–H and O–H groups in total. The molecule has 0 aliphatic rings. The lowest BCUT2D eigenvalue weighted by atomic mass is 10.1. The number of halogens is 4. The highest BCUT2D eigenvalue weighted by Crippen LogP contribution is 2.30. The molecule has 0 unspecified atom stereocenters. The van der Waals surface area contributed by atoms with Crippen LogP contribution in [0.1, 0.15) is 21.5 Å². The molecule has 5 nitrogen and oxygen atoms in total. The number of benzene rings is 1. The third-order valence-corrected chi connectivity index (χ3v) is 4.77. The first-order chi connectivity index (χ1) is 14.6. The third kappa shape index (κ3) is 6.02. The summed E-state index contributed by atoms with van der Waals surface area (Å²) in [5.41, 5.74) is 1.74. The largest absolute Gasteiger partial charge is 0.416 e. The topological polar surface area (TPSA) is 58.1 Å². The van der Waals surface area contributed by atoms with Crippen molar-refractivity contribution >= 4 is 23.2 Å². The summed E-state index contributed by atoms with van der Waals surface area (Å²) in [7, 11) is 3.98. The van der Waals surface area contributed by atoms with Crippen LogP contribution in [0.3, 0.4) is 0 Å². The first-order valence-corrected chi connectivity index (χ1v) is 9.75. The van der Waals surface area contributed by atoms with E-state index in [1.807, 2.05) is 20.2 Å². The quantitative estimate of drug-likeness (QED) is 0.565. The van der Waals surface area contributed by atoms with Gasteiger partial charge in [-0.05, 0) is 68.5 Å². The number of rotatable bonds is 6. The van der Waals surface area contributed by atoms with E-state index >= 15 is 0 Å². The summed E-state index contributed by atoms with van der Waals surface area (Å²) in [6, 6.07) is 9.24. The van der Waals surface area contributed by atoms with Crippen molar-refractivity contribution in [3.8, 4) is 11.4 Å². The van der Waals surface area contributed by atoms with Crippen molar-refractivity contribution in [1.82, 2.24) is 14.9 Å². The molecule has 1 amide bonds. The van der Waals surface area contributed by atoms with E-state index < -0.39 is 17.6 Å². The number of hydrogen-bond donors (Lipinski definition) is 1. The predicted molar refractivity (Wildman–Crippen MR) is 114 cm³/mol. The average Bonchev–Trinajstić information content (AvgIpc) is 2.72. The Balaban J connectivity index is 1.69. The number of amides is 1. The van der Waals surface area contributed by atoms with Gasteiger partial charge in [-0.2, -0.15) is 13.2 Å². The molecule has 2 aromatic heterocycles. The Bertz CT molecular complexity index is 1050. The lowest BCUT2D eigenvalue weighted by Gasteiger charge is -2.11. The van der Waals surface area contributed by atoms with Crippen LogP contribution in [-0.2, 0) is 12.6 Å². The Morgan fingerprint density at radius 1 is 1.06 bits per heavy atom. The number of nitrogens with zero attached hydrogens (tertiary/aromatic N) is 3. The van der Waals surface area contributed by atoms with Gasteiger partial charge in [0.15, 0.2) is 0 Å². The molecule has 2 heterocycles. The average molecular weight is 449 g/mol. The van der Waals surface area contributed by atoms with Crippen LogP contribution in [0.15, 0.2) is 54.9 Å². The third-order valence-electron chi connectivity index (χ3n) is 4.48. The highest BCUT2D eigenvalue weighted by molar-refractivity contribution is 6.33. The van der Waals surface area contributed by atoms with Crippen LogP contribution in [0, 0.1) is 0 Å². The Labute approximate surface area is 182 Å². The number of alkyl halides is 3. The molecule has 9 heteroatoms. The molecule has 0 saturated carbocycles. The summed E-state index contributed by atoms with van der Waals surface area (Å²) >= 11 is 6.36. The smallest absolute Gasteiger partial charge is 0.322 e. The van der Waals surface area contributed by atoms with Crippen LogP contribution in [-0.4, -0.2) is 41.4 Å². The van der Waals surface area contributed by atoms with E-state index in [9.17, 15) is 18.0 Å². The summed E-state index contributed by atoms with van der Waals surface area (Å²) in [6.45, 7) is 0.873. The highest BCUT2D eigenvalue weighted by Gasteiger charge is 2.30. The van der Waals surface area contributed by atoms with E-state index in [1.54, 1.807) is 18.3 Å². The van der Waals surface area contributed by atoms with Gasteiger partial charge in [0.05, 0.1) is 21.8 Å². The van der Waals surface area contributed by atoms with Crippen molar-refractivity contribution in [2.24, 2.45) is 0 Å². The standard InChI is InChI=1S/C22H20ClF3N4O/c1-30(2)10-9-14-11-18(23)20(28-12-14)19-8-3-15(13-27-19)21(31)29-17-6-4-16(5-7-17)22(24,25)26/h3-8,11-13H,9-10H2,1-2H3,(H,29,31). The van der Waals surface area contributed by atoms with E-state index in [0.717, 1.165) is 30.7 Å². The Kier molecular flexibility index (Phi) is 6.92. The molecule has 0 fully saturated rings. The zero-order valence-electron chi connectivity index (χ0n) is 16.9. The van der Waals surface area contributed by atoms with Gasteiger partial charge in [0.25, 0.3) is 5.91 Å². The van der Waals surface area contributed by atoms with E-state index in [-0.39, 0.29) is 11.3 Å². The van der Waals surface area contributed by atoms with E-state index in [4.69, 9.17) is 11.6 Å². The van der Waals surface area contributed by atoms with Gasteiger partial charge < -0.3 is 10.2 Å². The predicted octanol–water partition coefficient (Wildman–Crippen LogP) is 5.17. The molecule has 31 heavy (non-hydrogen) atoms. The normalized spacial score (nSPS) is 11.6. The SMILES string of the molecule is CN(C)CCc1cnc(-c2ccc(C(=O)Nc3ccc(C(F)(F)F)cc3)cn2)c(Cl)c1. The second kappa shape index (κ2) is 9.45. The summed E-state index contributed by atoms with van der Waals surface area (Å²) < 4.78 is 37.9. The number of likely N-dealkylation sites (N-methyl/N-ethyl adjacent to an activating group) is 1. The van der Waals surface area contributed by atoms with Crippen LogP contribution < -0.4 is 5.32 Å². The van der Waals surface area contributed by atoms with Gasteiger partial charge in [-0.25, -0.2) is 0 Å². The van der Waals surface area contributed by atoms with Gasteiger partial charge in [-0.1, -0.05) is 11.6 Å². The van der Waals surface area contributed by atoms with Crippen LogP contribution in [0.4, 0.5) is 18.9 Å². The van der Waals surface area contributed by atoms with Gasteiger partial charge in [-0.15, -0.1) is 0 Å². The van der Waals surface area contributed by atoms with Crippen LogP contribution in [0.2, 0.25) is 5.02 Å². The van der Waals surface area contributed by atoms with Crippen molar-refractivity contribution in [3.05, 3.63) is 76.6 Å². The molecular weight excluding hydrogens is 429 g/mol. The van der Waals surface area contributed by atoms with Crippen LogP contribution in [0.25, 0.3) is 11.4 Å². The van der Waals surface area contributed by atoms with Crippen molar-refractivity contribution in [3.63, 3.8) is 0 Å². The summed E-state index contributed by atoms with van der Waals surface area (Å²) in [6.07, 6.45) is -0.497. The molecule has 3 rings (SSSR count). The van der Waals surface area contributed by atoms with Gasteiger partial charge in [0, 0.05) is 24.6 Å². The van der Waals surface area contributed by atoms with Crippen LogP contribution >= 0.6 is 11.6 Å². The summed E-state index contributed by atoms with van der Waals surface area (Å²) in [5, 5.41) is 3.01. The number of carbonyl (C=O) groups is 1. The number of hydrogen-bond acceptors (Lipinski definition) is 4. The fourth-order valence-electron chi connectivity index (χ4n) is 2.77. The lowest BCUT2D eigenvalue weighted by Crippen LogP contribution is -2.15. The first kappa shape index (κ1) is 22.7. The molecule has 1 aromatic carbocycles. The highest BCUT2D eigenvalue weighted by atomic mass is 35.5. The van der Waals surface area contributed by atoms with E-state index in [2.05, 4.69) is 20.2 Å². The minimum Gasteiger partial charge on any atom is -0.322 e. The maximum atomic E-state index is 12.6. The molecule has 0 bridgehead atoms. The van der Waals surface area contributed by atoms with Gasteiger partial charge in [0.2, 0.25) is 0 Å². The Hall–Kier alpha value is -2.97. The molecule has 3 aromatic rings. The Morgan fingerprint density at radius 3 is 2.32 bits per heavy atom. The molecule has 0 spiro atoms. The van der Waals surface area contributed by atoms with Crippen molar-refractivity contribution in [2.75, 3.05) is 26.0 Å². The molecule has 0 aliphatic heterocycles. The van der Waals surface area contributed by atoms with Gasteiger partial charge in [0.1, 0.15) is 5.69 Å². The molecule has 0 saturated heterocycles. The zero-order chi connectivity index (χ0) is 22.6. The molecular formula is C22H20ClF3N4O. The second-order valence-corrected chi connectivity index (χ2v) is 7.60. The fourth-order valence-corrected chi connectivity index (χ4v) is 3.06. The van der Waals surface area contributed by atoms with E-state index in [0.29, 0.717) is 16.4 Å². The second-order valence-electron chi connectivity index (χ2n) is 7.19. The number of pyridine rings is 2. The summed E-state index contributed by atoms with van der Waals surface area (Å²) in [4.78, 5) is 23.1. The maximum Gasteiger partial charge on any atom is 0.416 e. The molecule has 0 atom stereocenters. The van der Waals surface area contributed by atoms with Gasteiger partial charge in [-0.3, -0.25) is 14.8 Å². The number of carbonyl (C=O) groups excluding carboxylic acids is 1. The Morgan fingerprint density at radius 2 is 1.77 bits per heavy atom. The molecule has 162 valence electrons. The number of nitrogens with one attached hydrogen (secondary N) is 1. The zero-order valence-corrected chi connectivity index (χ0v) is 17.6. The monoisotopic (exact) mass is 448 g/mol.